The molecule has 2 rings (SSSR count). The van der Waals surface area contributed by atoms with Crippen molar-refractivity contribution in [3.63, 3.8) is 0 Å². The Morgan fingerprint density at radius 2 is 1.95 bits per heavy atom. The summed E-state index contributed by atoms with van der Waals surface area (Å²) in [6.07, 6.45) is 3.17. The molecule has 21 heavy (non-hydrogen) atoms. The molecule has 0 aliphatic rings. The van der Waals surface area contributed by atoms with Crippen LogP contribution in [0.5, 0.6) is 0 Å². The number of nitrogens with one attached hydrogen (secondary N) is 1. The van der Waals surface area contributed by atoms with Gasteiger partial charge in [-0.1, -0.05) is 20.8 Å². The molecule has 5 nitrogen and oxygen atoms in total. The van der Waals surface area contributed by atoms with E-state index in [4.69, 9.17) is 0 Å². The van der Waals surface area contributed by atoms with Gasteiger partial charge in [0.2, 0.25) is 0 Å². The van der Waals surface area contributed by atoms with Crippen LogP contribution in [0.25, 0.3) is 10.9 Å². The van der Waals surface area contributed by atoms with Gasteiger partial charge in [0.15, 0.2) is 0 Å². The van der Waals surface area contributed by atoms with E-state index in [1.54, 1.807) is 24.5 Å². The number of hydrogen-bond acceptors (Lipinski definition) is 3. The minimum atomic E-state index is -0.990. The molecule has 0 aliphatic heterocycles. The highest BCUT2D eigenvalue weighted by Crippen LogP contribution is 2.31. The Balaban J connectivity index is 2.37. The van der Waals surface area contributed by atoms with Crippen LogP contribution < -0.4 is 5.32 Å². The fourth-order valence-corrected chi connectivity index (χ4v) is 3.02. The van der Waals surface area contributed by atoms with E-state index < -0.39 is 6.09 Å². The van der Waals surface area contributed by atoms with Crippen molar-refractivity contribution in [1.82, 2.24) is 9.55 Å². The number of rotatable bonds is 3. The number of carbonyl (C=O) groups is 1. The molecule has 2 aromatic rings. The van der Waals surface area contributed by atoms with Crippen LogP contribution >= 0.6 is 0 Å². The molecule has 0 atom stereocenters. The third-order valence-corrected chi connectivity index (χ3v) is 3.25. The molecule has 0 spiro atoms. The summed E-state index contributed by atoms with van der Waals surface area (Å²) >= 11 is 0. The summed E-state index contributed by atoms with van der Waals surface area (Å²) in [7, 11) is 0. The van der Waals surface area contributed by atoms with Crippen LogP contribution in [-0.2, 0) is 0 Å². The van der Waals surface area contributed by atoms with Gasteiger partial charge in [-0.25, -0.2) is 9.78 Å². The molecule has 0 unspecified atom stereocenters. The van der Waals surface area contributed by atoms with Crippen molar-refractivity contribution in [2.24, 2.45) is 5.41 Å². The third-order valence-electron chi connectivity index (χ3n) is 3.25. The topological polar surface area (TPSA) is 67.2 Å². The summed E-state index contributed by atoms with van der Waals surface area (Å²) in [5.74, 6) is 0.724. The zero-order valence-electron chi connectivity index (χ0n) is 13.3. The Morgan fingerprint density at radius 3 is 2.52 bits per heavy atom. The van der Waals surface area contributed by atoms with Crippen molar-refractivity contribution in [1.29, 1.82) is 0 Å². The van der Waals surface area contributed by atoms with Crippen molar-refractivity contribution in [2.75, 3.05) is 5.32 Å². The smallest absolute Gasteiger partial charge is 0.416 e. The highest BCUT2D eigenvalue weighted by molar-refractivity contribution is 5.95. The molecule has 0 saturated carbocycles. The highest BCUT2D eigenvalue weighted by Gasteiger charge is 2.26. The van der Waals surface area contributed by atoms with Gasteiger partial charge in [0.1, 0.15) is 5.82 Å². The van der Waals surface area contributed by atoms with E-state index >= 15 is 0 Å². The van der Waals surface area contributed by atoms with Crippen molar-refractivity contribution in [2.45, 2.75) is 46.6 Å². The van der Waals surface area contributed by atoms with E-state index in [0.29, 0.717) is 5.52 Å². The normalized spacial score (nSPS) is 12.6. The quantitative estimate of drug-likeness (QED) is 0.889. The molecule has 0 aromatic carbocycles. The summed E-state index contributed by atoms with van der Waals surface area (Å²) in [6, 6.07) is 3.50. The number of nitrogens with zero attached hydrogens (tertiary/aromatic N) is 2. The van der Waals surface area contributed by atoms with Crippen LogP contribution in [0, 0.1) is 5.41 Å². The van der Waals surface area contributed by atoms with Crippen molar-refractivity contribution in [3.05, 3.63) is 24.5 Å². The number of pyridine rings is 1. The first kappa shape index (κ1) is 15.4. The van der Waals surface area contributed by atoms with E-state index in [-0.39, 0.29) is 11.0 Å². The van der Waals surface area contributed by atoms with Crippen LogP contribution in [0.1, 0.15) is 41.0 Å². The van der Waals surface area contributed by atoms with Crippen molar-refractivity contribution in [3.8, 4) is 0 Å². The Bertz CT molecular complexity index is 666. The molecule has 2 N–H and O–H groups in total. The van der Waals surface area contributed by atoms with Gasteiger partial charge in [-0.2, -0.15) is 0 Å². The molecule has 2 aromatic heterocycles. The maximum atomic E-state index is 11.2. The minimum absolute atomic E-state index is 0.134. The van der Waals surface area contributed by atoms with Crippen LogP contribution in [0.3, 0.4) is 0 Å². The lowest BCUT2D eigenvalue weighted by atomic mass is 9.82. The zero-order valence-corrected chi connectivity index (χ0v) is 13.3. The lowest BCUT2D eigenvalue weighted by Gasteiger charge is -2.34. The van der Waals surface area contributed by atoms with Gasteiger partial charge in [-0.05, 0) is 37.8 Å². The Morgan fingerprint density at radius 1 is 1.29 bits per heavy atom. The lowest BCUT2D eigenvalue weighted by molar-refractivity contribution is 0.197. The first-order valence-electron chi connectivity index (χ1n) is 7.07. The van der Waals surface area contributed by atoms with Gasteiger partial charge in [0.05, 0.1) is 5.52 Å². The molecule has 2 heterocycles. The second kappa shape index (κ2) is 5.06. The number of anilines is 1. The number of carboxylic acid groups (broad SMARTS) is 1. The molecular formula is C16H23N3O2. The van der Waals surface area contributed by atoms with Gasteiger partial charge >= 0.3 is 6.09 Å². The molecule has 0 bridgehead atoms. The Hall–Kier alpha value is -2.04. The van der Waals surface area contributed by atoms with Crippen molar-refractivity contribution < 1.29 is 9.90 Å². The maximum Gasteiger partial charge on any atom is 0.416 e. The third kappa shape index (κ3) is 3.54. The highest BCUT2D eigenvalue weighted by atomic mass is 16.4. The Kier molecular flexibility index (Phi) is 3.70. The Labute approximate surface area is 125 Å². The molecule has 0 fully saturated rings. The molecule has 0 saturated heterocycles. The molecule has 0 radical (unpaired) electrons. The fraction of sp³-hybridized carbons (Fsp3) is 0.500. The summed E-state index contributed by atoms with van der Waals surface area (Å²) < 4.78 is 1.21. The average molecular weight is 289 g/mol. The first-order chi connectivity index (χ1) is 9.59. The second-order valence-electron chi connectivity index (χ2n) is 7.31. The molecule has 5 heteroatoms. The first-order valence-corrected chi connectivity index (χ1v) is 7.07. The summed E-state index contributed by atoms with van der Waals surface area (Å²) in [4.78, 5) is 15.6. The van der Waals surface area contributed by atoms with E-state index in [9.17, 15) is 9.90 Å². The second-order valence-corrected chi connectivity index (χ2v) is 7.31. The monoisotopic (exact) mass is 289 g/mol. The molecule has 114 valence electrons. The maximum absolute atomic E-state index is 11.2. The summed E-state index contributed by atoms with van der Waals surface area (Å²) in [5, 5.41) is 13.4. The van der Waals surface area contributed by atoms with Crippen LogP contribution in [-0.4, -0.2) is 26.3 Å². The fourth-order valence-electron chi connectivity index (χ4n) is 3.02. The summed E-state index contributed by atoms with van der Waals surface area (Å²) in [5.41, 5.74) is 0.703. The largest absolute Gasteiger partial charge is 0.464 e. The van der Waals surface area contributed by atoms with E-state index in [1.807, 2.05) is 0 Å². The SMILES string of the molecule is CC(C)(C)CC(C)(C)Nc1nccc2c1ccn2C(=O)O. The predicted octanol–water partition coefficient (Wildman–Crippen LogP) is 4.19. The van der Waals surface area contributed by atoms with E-state index in [1.165, 1.54) is 4.57 Å². The van der Waals surface area contributed by atoms with Gasteiger partial charge < -0.3 is 10.4 Å². The number of aromatic nitrogens is 2. The van der Waals surface area contributed by atoms with E-state index in [2.05, 4.69) is 44.9 Å². The molecular weight excluding hydrogens is 266 g/mol. The molecule has 0 amide bonds. The van der Waals surface area contributed by atoms with Gasteiger partial charge in [-0.15, -0.1) is 0 Å². The number of hydrogen-bond donors (Lipinski definition) is 2. The predicted molar refractivity (Wildman–Crippen MR) is 84.9 cm³/mol. The van der Waals surface area contributed by atoms with Gasteiger partial charge in [-0.3, -0.25) is 4.57 Å². The zero-order chi connectivity index (χ0) is 15.8. The van der Waals surface area contributed by atoms with Crippen LogP contribution in [0.15, 0.2) is 24.5 Å². The lowest BCUT2D eigenvalue weighted by Crippen LogP contribution is -2.35. The van der Waals surface area contributed by atoms with Gasteiger partial charge in [0, 0.05) is 23.3 Å². The van der Waals surface area contributed by atoms with E-state index in [0.717, 1.165) is 17.6 Å². The minimum Gasteiger partial charge on any atom is -0.464 e. The standard InChI is InChI=1S/C16H23N3O2/c1-15(2,3)10-16(4,5)18-13-11-7-9-19(14(20)21)12(11)6-8-17-13/h6-9H,10H2,1-5H3,(H,17,18)(H,20,21). The molecule has 0 aliphatic carbocycles. The van der Waals surface area contributed by atoms with Crippen LogP contribution in [0.4, 0.5) is 10.6 Å². The van der Waals surface area contributed by atoms with Crippen molar-refractivity contribution >= 4 is 22.8 Å². The average Bonchev–Trinajstić information content (AvgIpc) is 2.69. The van der Waals surface area contributed by atoms with Crippen LogP contribution in [0.2, 0.25) is 0 Å². The summed E-state index contributed by atoms with van der Waals surface area (Å²) in [6.45, 7) is 10.9. The van der Waals surface area contributed by atoms with Gasteiger partial charge in [0.25, 0.3) is 0 Å². The number of fused-ring (bicyclic) bond motifs is 1.